The number of benzene rings is 2. The van der Waals surface area contributed by atoms with Crippen LogP contribution < -0.4 is 10.6 Å². The normalized spacial score (nSPS) is 10.2. The number of hydrogen-bond donors (Lipinski definition) is 2. The van der Waals surface area contributed by atoms with E-state index in [1.54, 1.807) is 31.2 Å². The molecule has 0 atom stereocenters. The molecule has 0 aliphatic carbocycles. The minimum absolute atomic E-state index is 0.0325. The van der Waals surface area contributed by atoms with Crippen LogP contribution in [-0.4, -0.2) is 35.9 Å². The number of ether oxygens (including phenoxy) is 1. The Kier molecular flexibility index (Phi) is 8.30. The number of carbonyl (C=O) groups excluding carboxylic acids is 3. The van der Waals surface area contributed by atoms with E-state index < -0.39 is 23.4 Å². The summed E-state index contributed by atoms with van der Waals surface area (Å²) in [6, 6.07) is 10.4. The summed E-state index contributed by atoms with van der Waals surface area (Å²) >= 11 is 5.76. The predicted octanol–water partition coefficient (Wildman–Crippen LogP) is 3.25. The number of nitro groups is 1. The molecule has 0 radical (unpaired) electrons. The van der Waals surface area contributed by atoms with E-state index in [0.717, 1.165) is 0 Å². The van der Waals surface area contributed by atoms with Crippen molar-refractivity contribution in [3.05, 3.63) is 68.7 Å². The number of nitrogens with one attached hydrogen (secondary N) is 2. The van der Waals surface area contributed by atoms with Crippen LogP contribution in [0.3, 0.4) is 0 Å². The Bertz CT molecular complexity index is 946. The second-order valence-corrected chi connectivity index (χ2v) is 6.77. The van der Waals surface area contributed by atoms with Gasteiger partial charge in [0, 0.05) is 41.4 Å². The number of anilines is 1. The van der Waals surface area contributed by atoms with E-state index in [2.05, 4.69) is 10.6 Å². The van der Waals surface area contributed by atoms with E-state index in [9.17, 15) is 24.5 Å². The highest BCUT2D eigenvalue weighted by molar-refractivity contribution is 6.30. The fourth-order valence-corrected chi connectivity index (χ4v) is 2.57. The molecule has 2 amide bonds. The molecular formula is C20H20ClN3O6. The summed E-state index contributed by atoms with van der Waals surface area (Å²) in [5.41, 5.74) is 1.28. The van der Waals surface area contributed by atoms with Crippen molar-refractivity contribution in [1.29, 1.82) is 0 Å². The van der Waals surface area contributed by atoms with Crippen LogP contribution in [-0.2, 0) is 14.3 Å². The van der Waals surface area contributed by atoms with Gasteiger partial charge in [0.1, 0.15) is 0 Å². The molecule has 2 rings (SSSR count). The third-order valence-electron chi connectivity index (χ3n) is 4.01. The summed E-state index contributed by atoms with van der Waals surface area (Å²) in [5, 5.41) is 16.5. The fraction of sp³-hybridized carbons (Fsp3) is 0.250. The van der Waals surface area contributed by atoms with Crippen molar-refractivity contribution in [2.75, 3.05) is 18.5 Å². The van der Waals surface area contributed by atoms with Crippen molar-refractivity contribution < 1.29 is 24.0 Å². The van der Waals surface area contributed by atoms with Gasteiger partial charge in [0.15, 0.2) is 6.61 Å². The summed E-state index contributed by atoms with van der Waals surface area (Å²) in [5.74, 6) is -1.42. The van der Waals surface area contributed by atoms with Crippen molar-refractivity contribution in [3.8, 4) is 0 Å². The highest BCUT2D eigenvalue weighted by Crippen LogP contribution is 2.21. The molecule has 0 aliphatic rings. The molecule has 30 heavy (non-hydrogen) atoms. The lowest BCUT2D eigenvalue weighted by molar-refractivity contribution is -0.384. The number of nitro benzene ring substituents is 1. The average Bonchev–Trinajstić information content (AvgIpc) is 2.71. The molecule has 0 saturated heterocycles. The Morgan fingerprint density at radius 2 is 1.83 bits per heavy atom. The average molecular weight is 434 g/mol. The molecule has 10 heteroatoms. The van der Waals surface area contributed by atoms with E-state index in [4.69, 9.17) is 16.3 Å². The standard InChI is InChI=1S/C20H20ClN3O6/c1-13-11-16(24(28)29)8-9-17(13)23-18(25)12-30-19(26)3-2-10-22-20(27)14-4-6-15(21)7-5-14/h4-9,11H,2-3,10,12H2,1H3,(H,22,27)(H,23,25). The van der Waals surface area contributed by atoms with Crippen molar-refractivity contribution >= 4 is 40.8 Å². The molecule has 0 spiro atoms. The predicted molar refractivity (Wildman–Crippen MR) is 110 cm³/mol. The summed E-state index contributed by atoms with van der Waals surface area (Å²) in [7, 11) is 0. The van der Waals surface area contributed by atoms with Crippen molar-refractivity contribution in [2.24, 2.45) is 0 Å². The van der Waals surface area contributed by atoms with E-state index in [1.807, 2.05) is 0 Å². The summed E-state index contributed by atoms with van der Waals surface area (Å²) in [6.07, 6.45) is 0.381. The van der Waals surface area contributed by atoms with Gasteiger partial charge in [-0.2, -0.15) is 0 Å². The van der Waals surface area contributed by atoms with Crippen LogP contribution in [0.2, 0.25) is 5.02 Å². The first kappa shape index (κ1) is 22.8. The lowest BCUT2D eigenvalue weighted by Gasteiger charge is -2.09. The number of aryl methyl sites for hydroxylation is 1. The zero-order chi connectivity index (χ0) is 22.1. The first-order valence-electron chi connectivity index (χ1n) is 9.00. The number of amides is 2. The summed E-state index contributed by atoms with van der Waals surface area (Å²) < 4.78 is 4.90. The number of halogens is 1. The Hall–Kier alpha value is -3.46. The van der Waals surface area contributed by atoms with Crippen LogP contribution in [0.5, 0.6) is 0 Å². The number of non-ortho nitro benzene ring substituents is 1. The van der Waals surface area contributed by atoms with E-state index in [1.165, 1.54) is 18.2 Å². The molecule has 0 unspecified atom stereocenters. The van der Waals surface area contributed by atoms with Crippen LogP contribution in [0.4, 0.5) is 11.4 Å². The number of nitrogens with zero attached hydrogens (tertiary/aromatic N) is 1. The maximum absolute atomic E-state index is 11.9. The van der Waals surface area contributed by atoms with Gasteiger partial charge in [-0.1, -0.05) is 11.6 Å². The van der Waals surface area contributed by atoms with Gasteiger partial charge >= 0.3 is 5.97 Å². The Morgan fingerprint density at radius 3 is 2.47 bits per heavy atom. The monoisotopic (exact) mass is 433 g/mol. The Labute approximate surface area is 177 Å². The highest BCUT2D eigenvalue weighted by Gasteiger charge is 2.12. The minimum Gasteiger partial charge on any atom is -0.456 e. The van der Waals surface area contributed by atoms with Gasteiger partial charge in [0.25, 0.3) is 17.5 Å². The topological polar surface area (TPSA) is 128 Å². The molecule has 9 nitrogen and oxygen atoms in total. The maximum Gasteiger partial charge on any atom is 0.306 e. The summed E-state index contributed by atoms with van der Waals surface area (Å²) in [4.78, 5) is 45.7. The van der Waals surface area contributed by atoms with Crippen LogP contribution in [0.1, 0.15) is 28.8 Å². The molecule has 2 N–H and O–H groups in total. The molecular weight excluding hydrogens is 414 g/mol. The lowest BCUT2D eigenvalue weighted by Crippen LogP contribution is -2.25. The largest absolute Gasteiger partial charge is 0.456 e. The molecule has 158 valence electrons. The van der Waals surface area contributed by atoms with E-state index >= 15 is 0 Å². The Morgan fingerprint density at radius 1 is 1.13 bits per heavy atom. The van der Waals surface area contributed by atoms with E-state index in [-0.39, 0.29) is 24.6 Å². The zero-order valence-electron chi connectivity index (χ0n) is 16.1. The number of esters is 1. The molecule has 2 aromatic rings. The third-order valence-corrected chi connectivity index (χ3v) is 4.26. The SMILES string of the molecule is Cc1cc([N+](=O)[O-])ccc1NC(=O)COC(=O)CCCNC(=O)c1ccc(Cl)cc1. The number of hydrogen-bond acceptors (Lipinski definition) is 6. The van der Waals surface area contributed by atoms with E-state index in [0.29, 0.717) is 28.3 Å². The van der Waals surface area contributed by atoms with Gasteiger partial charge in [-0.05, 0) is 49.2 Å². The second kappa shape index (κ2) is 10.9. The van der Waals surface area contributed by atoms with Crippen molar-refractivity contribution in [2.45, 2.75) is 19.8 Å². The van der Waals surface area contributed by atoms with Crippen LogP contribution >= 0.6 is 11.6 Å². The van der Waals surface area contributed by atoms with Crippen LogP contribution in [0.15, 0.2) is 42.5 Å². The smallest absolute Gasteiger partial charge is 0.306 e. The molecule has 0 bridgehead atoms. The van der Waals surface area contributed by atoms with Gasteiger partial charge < -0.3 is 15.4 Å². The van der Waals surface area contributed by atoms with Gasteiger partial charge in [-0.15, -0.1) is 0 Å². The molecule has 2 aromatic carbocycles. The van der Waals surface area contributed by atoms with Gasteiger partial charge in [-0.3, -0.25) is 24.5 Å². The first-order valence-corrected chi connectivity index (χ1v) is 9.38. The van der Waals surface area contributed by atoms with Crippen molar-refractivity contribution in [3.63, 3.8) is 0 Å². The quantitative estimate of drug-likeness (QED) is 0.270. The molecule has 0 heterocycles. The highest BCUT2D eigenvalue weighted by atomic mass is 35.5. The minimum atomic E-state index is -0.577. The molecule has 0 saturated carbocycles. The lowest BCUT2D eigenvalue weighted by atomic mass is 10.2. The van der Waals surface area contributed by atoms with Crippen LogP contribution in [0, 0.1) is 17.0 Å². The zero-order valence-corrected chi connectivity index (χ0v) is 16.9. The molecule has 0 aromatic heterocycles. The third kappa shape index (κ3) is 7.17. The summed E-state index contributed by atoms with van der Waals surface area (Å²) in [6.45, 7) is 1.41. The first-order chi connectivity index (χ1) is 14.3. The fourth-order valence-electron chi connectivity index (χ4n) is 2.44. The number of rotatable bonds is 9. The van der Waals surface area contributed by atoms with Gasteiger partial charge in [-0.25, -0.2) is 0 Å². The Balaban J connectivity index is 1.66. The van der Waals surface area contributed by atoms with Crippen LogP contribution in [0.25, 0.3) is 0 Å². The van der Waals surface area contributed by atoms with Crippen molar-refractivity contribution in [1.82, 2.24) is 5.32 Å². The number of carbonyl (C=O) groups is 3. The second-order valence-electron chi connectivity index (χ2n) is 6.33. The van der Waals surface area contributed by atoms with Gasteiger partial charge in [0.05, 0.1) is 4.92 Å². The molecule has 0 fully saturated rings. The maximum atomic E-state index is 11.9. The molecule has 0 aliphatic heterocycles. The van der Waals surface area contributed by atoms with Gasteiger partial charge in [0.2, 0.25) is 0 Å².